The van der Waals surface area contributed by atoms with E-state index in [1.165, 1.54) is 0 Å². The Balaban J connectivity index is 1.23. The number of nitrogens with zero attached hydrogens (tertiary/aromatic N) is 2. The number of rotatable bonds is 7. The first kappa shape index (κ1) is 20.3. The molecule has 0 saturated carbocycles. The summed E-state index contributed by atoms with van der Waals surface area (Å²) in [5.41, 5.74) is 2.50. The molecule has 0 aliphatic carbocycles. The largest absolute Gasteiger partial charge is 0.492 e. The van der Waals surface area contributed by atoms with Crippen molar-refractivity contribution in [2.45, 2.75) is 19.6 Å². The summed E-state index contributed by atoms with van der Waals surface area (Å²) in [7, 11) is 0. The van der Waals surface area contributed by atoms with Crippen molar-refractivity contribution in [3.05, 3.63) is 72.6 Å². The van der Waals surface area contributed by atoms with Gasteiger partial charge in [0.25, 0.3) is 0 Å². The zero-order valence-corrected chi connectivity index (χ0v) is 17.1. The van der Waals surface area contributed by atoms with E-state index in [2.05, 4.69) is 15.6 Å². The Hall–Kier alpha value is -3.94. The third-order valence-corrected chi connectivity index (χ3v) is 4.81. The predicted molar refractivity (Wildman–Crippen MR) is 114 cm³/mol. The first-order valence-electron chi connectivity index (χ1n) is 10.0. The van der Waals surface area contributed by atoms with Gasteiger partial charge in [0.05, 0.1) is 6.54 Å². The van der Waals surface area contributed by atoms with Gasteiger partial charge in [0, 0.05) is 5.56 Å². The van der Waals surface area contributed by atoms with Crippen LogP contribution in [0.15, 0.2) is 67.0 Å². The molecule has 1 atom stereocenters. The molecular formula is C23H23N4O4+. The van der Waals surface area contributed by atoms with Crippen molar-refractivity contribution in [1.82, 2.24) is 10.3 Å². The molecule has 0 fully saturated rings. The van der Waals surface area contributed by atoms with Gasteiger partial charge in [-0.25, -0.2) is 14.6 Å². The average Bonchev–Trinajstić information content (AvgIpc) is 3.09. The van der Waals surface area contributed by atoms with Crippen LogP contribution in [0.4, 0.5) is 10.6 Å². The molecule has 0 bridgehead atoms. The van der Waals surface area contributed by atoms with Crippen molar-refractivity contribution < 1.29 is 23.6 Å². The molecule has 2 heterocycles. The first-order valence-corrected chi connectivity index (χ1v) is 10.0. The van der Waals surface area contributed by atoms with Crippen molar-refractivity contribution in [1.29, 1.82) is 0 Å². The summed E-state index contributed by atoms with van der Waals surface area (Å²) in [6, 6.07) is 16.6. The second kappa shape index (κ2) is 9.25. The lowest BCUT2D eigenvalue weighted by atomic mass is 10.1. The maximum Gasteiger partial charge on any atom is 0.407 e. The van der Waals surface area contributed by atoms with E-state index in [-0.39, 0.29) is 18.6 Å². The third kappa shape index (κ3) is 4.98. The molecule has 8 nitrogen and oxygen atoms in total. The van der Waals surface area contributed by atoms with Crippen LogP contribution in [-0.2, 0) is 11.3 Å². The predicted octanol–water partition coefficient (Wildman–Crippen LogP) is 2.80. The number of carbonyl (C=O) groups is 2. The van der Waals surface area contributed by atoms with Gasteiger partial charge in [-0.1, -0.05) is 30.3 Å². The lowest BCUT2D eigenvalue weighted by Gasteiger charge is -2.09. The summed E-state index contributed by atoms with van der Waals surface area (Å²) >= 11 is 0. The molecule has 31 heavy (non-hydrogen) atoms. The van der Waals surface area contributed by atoms with Gasteiger partial charge in [0.2, 0.25) is 0 Å². The lowest BCUT2D eigenvalue weighted by molar-refractivity contribution is -0.552. The van der Waals surface area contributed by atoms with Crippen LogP contribution in [0.25, 0.3) is 11.3 Å². The lowest BCUT2D eigenvalue weighted by Crippen LogP contribution is -2.42. The van der Waals surface area contributed by atoms with Crippen LogP contribution in [0.1, 0.15) is 17.3 Å². The van der Waals surface area contributed by atoms with E-state index in [0.717, 1.165) is 11.1 Å². The molecular weight excluding hydrogens is 396 g/mol. The smallest absolute Gasteiger partial charge is 0.407 e. The number of aromatic nitrogens is 2. The van der Waals surface area contributed by atoms with Gasteiger partial charge >= 0.3 is 17.8 Å². The van der Waals surface area contributed by atoms with Crippen LogP contribution in [0.5, 0.6) is 5.75 Å². The number of hydrogen-bond acceptors (Lipinski definition) is 6. The van der Waals surface area contributed by atoms with Crippen LogP contribution in [-0.4, -0.2) is 36.2 Å². The molecule has 2 aromatic carbocycles. The second-order valence-electron chi connectivity index (χ2n) is 7.09. The highest BCUT2D eigenvalue weighted by molar-refractivity contribution is 5.81. The zero-order chi connectivity index (χ0) is 21.6. The molecule has 0 radical (unpaired) electrons. The fraction of sp³-hybridized carbons (Fsp3) is 0.217. The number of fused-ring (bicyclic) bond motifs is 1. The molecule has 3 aromatic rings. The Morgan fingerprint density at radius 1 is 1.16 bits per heavy atom. The van der Waals surface area contributed by atoms with Crippen molar-refractivity contribution >= 4 is 17.8 Å². The van der Waals surface area contributed by atoms with E-state index in [4.69, 9.17) is 9.47 Å². The van der Waals surface area contributed by atoms with Crippen molar-refractivity contribution in [3.8, 4) is 17.0 Å². The van der Waals surface area contributed by atoms with Crippen LogP contribution < -0.4 is 19.9 Å². The van der Waals surface area contributed by atoms with Crippen LogP contribution in [0, 0.1) is 0 Å². The minimum absolute atomic E-state index is 0.00611. The van der Waals surface area contributed by atoms with E-state index >= 15 is 0 Å². The SMILES string of the molecule is CC1Nc2cnc(-c3ccc(OCCNC(=O)OCc4ccccc4)cc3)c[n+]2C1=O. The van der Waals surface area contributed by atoms with E-state index in [0.29, 0.717) is 30.4 Å². The Kier molecular flexibility index (Phi) is 6.07. The van der Waals surface area contributed by atoms with Gasteiger partial charge in [-0.3, -0.25) is 5.32 Å². The highest BCUT2D eigenvalue weighted by Gasteiger charge is 2.35. The summed E-state index contributed by atoms with van der Waals surface area (Å²) < 4.78 is 12.4. The number of amides is 1. The van der Waals surface area contributed by atoms with Gasteiger partial charge < -0.3 is 14.8 Å². The van der Waals surface area contributed by atoms with E-state index in [9.17, 15) is 9.59 Å². The molecule has 8 heteroatoms. The van der Waals surface area contributed by atoms with Gasteiger partial charge in [0.1, 0.15) is 37.1 Å². The summed E-state index contributed by atoms with van der Waals surface area (Å²) in [5, 5.41) is 5.73. The number of ether oxygens (including phenoxy) is 2. The minimum atomic E-state index is -0.485. The normalized spacial score (nSPS) is 14.5. The number of anilines is 1. The third-order valence-electron chi connectivity index (χ3n) is 4.81. The molecule has 1 aliphatic rings. The van der Waals surface area contributed by atoms with Crippen molar-refractivity contribution in [2.75, 3.05) is 18.5 Å². The Labute approximate surface area is 179 Å². The number of hydrogen-bond donors (Lipinski definition) is 2. The van der Waals surface area contributed by atoms with Crippen LogP contribution >= 0.6 is 0 Å². The highest BCUT2D eigenvalue weighted by Crippen LogP contribution is 2.21. The summed E-state index contributed by atoms with van der Waals surface area (Å²) in [6.07, 6.45) is 2.90. The van der Waals surface area contributed by atoms with Gasteiger partial charge in [-0.05, 0) is 36.8 Å². The highest BCUT2D eigenvalue weighted by atomic mass is 16.5. The number of nitrogens with one attached hydrogen (secondary N) is 2. The molecule has 1 amide bonds. The van der Waals surface area contributed by atoms with E-state index in [1.807, 2.05) is 61.5 Å². The number of carbonyl (C=O) groups excluding carboxylic acids is 2. The van der Waals surface area contributed by atoms with E-state index < -0.39 is 6.09 Å². The standard InChI is InChI=1S/C23H22N4O4/c1-16-22(28)27-14-20(25-13-21(27)26-16)18-7-9-19(10-8-18)30-12-11-24-23(29)31-15-17-5-3-2-4-6-17/h2-10,13-14,16H,11-12,15H2,1H3,(H,24,29)/p+1. The molecule has 2 N–H and O–H groups in total. The zero-order valence-electron chi connectivity index (χ0n) is 17.1. The molecule has 0 saturated heterocycles. The maximum absolute atomic E-state index is 12.2. The average molecular weight is 419 g/mol. The molecule has 0 spiro atoms. The van der Waals surface area contributed by atoms with Gasteiger partial charge in [0.15, 0.2) is 6.04 Å². The maximum atomic E-state index is 12.2. The second-order valence-corrected chi connectivity index (χ2v) is 7.09. The molecule has 1 aliphatic heterocycles. The topological polar surface area (TPSA) is 93.4 Å². The summed E-state index contributed by atoms with van der Waals surface area (Å²) in [6.45, 7) is 2.68. The minimum Gasteiger partial charge on any atom is -0.492 e. The Bertz CT molecular complexity index is 1070. The molecule has 1 aromatic heterocycles. The van der Waals surface area contributed by atoms with Gasteiger partial charge in [-0.2, -0.15) is 4.57 Å². The Morgan fingerprint density at radius 2 is 1.94 bits per heavy atom. The van der Waals surface area contributed by atoms with Crippen LogP contribution in [0.2, 0.25) is 0 Å². The quantitative estimate of drug-likeness (QED) is 0.452. The first-order chi connectivity index (χ1) is 15.1. The van der Waals surface area contributed by atoms with Crippen LogP contribution in [0.3, 0.4) is 0 Å². The molecule has 1 unspecified atom stereocenters. The fourth-order valence-corrected chi connectivity index (χ4v) is 3.17. The monoisotopic (exact) mass is 419 g/mol. The summed E-state index contributed by atoms with van der Waals surface area (Å²) in [5.74, 6) is 1.35. The Morgan fingerprint density at radius 3 is 2.71 bits per heavy atom. The van der Waals surface area contributed by atoms with Gasteiger partial charge in [-0.15, -0.1) is 0 Å². The number of benzene rings is 2. The molecule has 4 rings (SSSR count). The van der Waals surface area contributed by atoms with Crippen molar-refractivity contribution in [3.63, 3.8) is 0 Å². The van der Waals surface area contributed by atoms with Crippen molar-refractivity contribution in [2.24, 2.45) is 0 Å². The summed E-state index contributed by atoms with van der Waals surface area (Å²) in [4.78, 5) is 28.3. The number of alkyl carbamates (subject to hydrolysis) is 1. The molecule has 158 valence electrons. The fourth-order valence-electron chi connectivity index (χ4n) is 3.17. The van der Waals surface area contributed by atoms with E-state index in [1.54, 1.807) is 17.0 Å².